The fourth-order valence-corrected chi connectivity index (χ4v) is 2.81. The van der Waals surface area contributed by atoms with Gasteiger partial charge in [0, 0.05) is 13.1 Å². The van der Waals surface area contributed by atoms with E-state index in [1.54, 1.807) is 20.8 Å². The van der Waals surface area contributed by atoms with Gasteiger partial charge in [-0.25, -0.2) is 0 Å². The summed E-state index contributed by atoms with van der Waals surface area (Å²) < 4.78 is 50.3. The van der Waals surface area contributed by atoms with Crippen LogP contribution in [0.3, 0.4) is 0 Å². The minimum absolute atomic E-state index is 0.0901. The van der Waals surface area contributed by atoms with Crippen LogP contribution in [0.2, 0.25) is 0 Å². The van der Waals surface area contributed by atoms with Crippen LogP contribution in [0.15, 0.2) is 21.2 Å². The number of esters is 1. The molecule has 1 fully saturated rings. The first-order valence-electron chi connectivity index (χ1n) is 7.22. The Morgan fingerprint density at radius 3 is 2.33 bits per heavy atom. The first-order valence-corrected chi connectivity index (χ1v) is 8.02. The molecule has 0 bridgehead atoms. The average molecular weight is 412 g/mol. The number of rotatable bonds is 2. The minimum Gasteiger partial charge on any atom is -0.460 e. The zero-order valence-electron chi connectivity index (χ0n) is 13.3. The zero-order valence-corrected chi connectivity index (χ0v) is 14.9. The van der Waals surface area contributed by atoms with E-state index in [9.17, 15) is 22.8 Å². The summed E-state index contributed by atoms with van der Waals surface area (Å²) in [5.74, 6) is -5.16. The van der Waals surface area contributed by atoms with E-state index < -0.39 is 42.0 Å². The van der Waals surface area contributed by atoms with Gasteiger partial charge < -0.3 is 14.1 Å². The lowest BCUT2D eigenvalue weighted by atomic mass is 9.95. The molecule has 0 radical (unpaired) electrons. The van der Waals surface area contributed by atoms with Gasteiger partial charge in [-0.2, -0.15) is 13.2 Å². The maximum Gasteiger partial charge on any atom is 0.394 e. The Morgan fingerprint density at radius 2 is 1.88 bits per heavy atom. The zero-order chi connectivity index (χ0) is 18.3. The van der Waals surface area contributed by atoms with Crippen molar-refractivity contribution in [2.24, 2.45) is 11.8 Å². The van der Waals surface area contributed by atoms with Crippen LogP contribution in [-0.2, 0) is 9.53 Å². The topological polar surface area (TPSA) is 59.8 Å². The normalized spacial score (nSPS) is 21.9. The quantitative estimate of drug-likeness (QED) is 0.697. The molecule has 5 nitrogen and oxygen atoms in total. The van der Waals surface area contributed by atoms with Gasteiger partial charge >= 0.3 is 12.1 Å². The van der Waals surface area contributed by atoms with Crippen LogP contribution in [0.1, 0.15) is 31.3 Å². The number of hydrogen-bond acceptors (Lipinski definition) is 4. The third-order valence-electron chi connectivity index (χ3n) is 3.52. The SMILES string of the molecule is CC(C)(C)OC(=O)[C@@H]1CN(C(=O)c2ccc(Br)o2)C[C@H]1C(F)(F)F. The van der Waals surface area contributed by atoms with Crippen LogP contribution >= 0.6 is 15.9 Å². The van der Waals surface area contributed by atoms with Crippen LogP contribution in [0.5, 0.6) is 0 Å². The molecule has 24 heavy (non-hydrogen) atoms. The van der Waals surface area contributed by atoms with Crippen LogP contribution in [0.25, 0.3) is 0 Å². The monoisotopic (exact) mass is 411 g/mol. The maximum absolute atomic E-state index is 13.3. The Balaban J connectivity index is 2.21. The predicted molar refractivity (Wildman–Crippen MR) is 81.2 cm³/mol. The van der Waals surface area contributed by atoms with E-state index in [2.05, 4.69) is 15.9 Å². The minimum atomic E-state index is -4.61. The molecule has 1 saturated heterocycles. The van der Waals surface area contributed by atoms with Crippen LogP contribution < -0.4 is 0 Å². The van der Waals surface area contributed by atoms with Crippen molar-refractivity contribution in [3.05, 3.63) is 22.6 Å². The number of likely N-dealkylation sites (tertiary alicyclic amines) is 1. The Morgan fingerprint density at radius 1 is 1.25 bits per heavy atom. The van der Waals surface area contributed by atoms with Gasteiger partial charge in [-0.3, -0.25) is 9.59 Å². The van der Waals surface area contributed by atoms with Crippen molar-refractivity contribution in [1.29, 1.82) is 0 Å². The fourth-order valence-electron chi connectivity index (χ4n) is 2.50. The molecular weight excluding hydrogens is 395 g/mol. The average Bonchev–Trinajstić information content (AvgIpc) is 3.01. The van der Waals surface area contributed by atoms with Gasteiger partial charge in [0.05, 0.1) is 11.8 Å². The number of carbonyl (C=O) groups excluding carboxylic acids is 2. The van der Waals surface area contributed by atoms with Crippen molar-refractivity contribution in [3.63, 3.8) is 0 Å². The van der Waals surface area contributed by atoms with Crippen molar-refractivity contribution >= 4 is 27.8 Å². The molecule has 0 N–H and O–H groups in total. The van der Waals surface area contributed by atoms with Gasteiger partial charge in [-0.1, -0.05) is 0 Å². The van der Waals surface area contributed by atoms with Crippen molar-refractivity contribution in [3.8, 4) is 0 Å². The molecule has 1 aromatic heterocycles. The van der Waals surface area contributed by atoms with Crippen molar-refractivity contribution in [2.75, 3.05) is 13.1 Å². The summed E-state index contributed by atoms with van der Waals surface area (Å²) in [6.45, 7) is 3.75. The summed E-state index contributed by atoms with van der Waals surface area (Å²) in [6.07, 6.45) is -4.61. The van der Waals surface area contributed by atoms with E-state index in [-0.39, 0.29) is 12.3 Å². The number of carbonyl (C=O) groups is 2. The first kappa shape index (κ1) is 18.8. The number of halogens is 4. The molecule has 1 aromatic rings. The predicted octanol–water partition coefficient (Wildman–Crippen LogP) is 3.63. The third kappa shape index (κ3) is 4.31. The highest BCUT2D eigenvalue weighted by molar-refractivity contribution is 9.10. The van der Waals surface area contributed by atoms with Gasteiger partial charge in [0.15, 0.2) is 10.4 Å². The molecule has 0 unspecified atom stereocenters. The number of ether oxygens (including phenoxy) is 1. The molecule has 9 heteroatoms. The molecule has 1 aliphatic rings. The Labute approximate surface area is 145 Å². The van der Waals surface area contributed by atoms with Crippen LogP contribution in [0, 0.1) is 11.8 Å². The lowest BCUT2D eigenvalue weighted by Crippen LogP contribution is -2.37. The van der Waals surface area contributed by atoms with Crippen LogP contribution in [-0.4, -0.2) is 41.6 Å². The van der Waals surface area contributed by atoms with E-state index in [0.29, 0.717) is 4.67 Å². The van der Waals surface area contributed by atoms with E-state index >= 15 is 0 Å². The number of alkyl halides is 3. The third-order valence-corrected chi connectivity index (χ3v) is 3.95. The molecule has 134 valence electrons. The molecule has 0 aromatic carbocycles. The number of nitrogens with zero attached hydrogens (tertiary/aromatic N) is 1. The molecule has 2 atom stereocenters. The van der Waals surface area contributed by atoms with Crippen molar-refractivity contribution in [2.45, 2.75) is 32.5 Å². The van der Waals surface area contributed by atoms with Gasteiger partial charge in [0.1, 0.15) is 5.60 Å². The van der Waals surface area contributed by atoms with Gasteiger partial charge in [-0.15, -0.1) is 0 Å². The second-order valence-corrected chi connectivity index (χ2v) is 7.38. The lowest BCUT2D eigenvalue weighted by Gasteiger charge is -2.25. The Hall–Kier alpha value is -1.51. The molecule has 2 heterocycles. The van der Waals surface area contributed by atoms with E-state index in [1.165, 1.54) is 12.1 Å². The number of hydrogen-bond donors (Lipinski definition) is 0. The summed E-state index contributed by atoms with van der Waals surface area (Å²) >= 11 is 3.03. The molecular formula is C15H17BrF3NO4. The number of amides is 1. The van der Waals surface area contributed by atoms with E-state index in [4.69, 9.17) is 9.15 Å². The van der Waals surface area contributed by atoms with Crippen molar-refractivity contribution in [1.82, 2.24) is 4.90 Å². The maximum atomic E-state index is 13.3. The van der Waals surface area contributed by atoms with E-state index in [1.807, 2.05) is 0 Å². The fraction of sp³-hybridized carbons (Fsp3) is 0.600. The van der Waals surface area contributed by atoms with E-state index in [0.717, 1.165) is 4.90 Å². The highest BCUT2D eigenvalue weighted by atomic mass is 79.9. The summed E-state index contributed by atoms with van der Waals surface area (Å²) in [7, 11) is 0. The molecule has 1 aliphatic heterocycles. The van der Waals surface area contributed by atoms with Crippen LogP contribution in [0.4, 0.5) is 13.2 Å². The molecule has 0 saturated carbocycles. The summed E-state index contributed by atoms with van der Waals surface area (Å²) in [4.78, 5) is 25.4. The molecule has 1 amide bonds. The molecule has 0 spiro atoms. The van der Waals surface area contributed by atoms with Crippen molar-refractivity contribution < 1.29 is 31.9 Å². The Kier molecular flexibility index (Phi) is 5.03. The Bertz CT molecular complexity index is 635. The second-order valence-electron chi connectivity index (χ2n) is 6.60. The highest BCUT2D eigenvalue weighted by Gasteiger charge is 2.54. The standard InChI is InChI=1S/C15H17BrF3NO4/c1-14(2,3)24-13(22)8-6-20(7-9(8)15(17,18)19)12(21)10-4-5-11(16)23-10/h4-5,8-9H,6-7H2,1-3H3/t8-,9-/m1/s1. The lowest BCUT2D eigenvalue weighted by molar-refractivity contribution is -0.194. The van der Waals surface area contributed by atoms with Gasteiger partial charge in [-0.05, 0) is 48.8 Å². The number of furan rings is 1. The second kappa shape index (κ2) is 6.42. The summed E-state index contributed by atoms with van der Waals surface area (Å²) in [5.41, 5.74) is -0.906. The summed E-state index contributed by atoms with van der Waals surface area (Å²) in [5, 5.41) is 0. The summed E-state index contributed by atoms with van der Waals surface area (Å²) in [6, 6.07) is 2.83. The smallest absolute Gasteiger partial charge is 0.394 e. The molecule has 0 aliphatic carbocycles. The first-order chi connectivity index (χ1) is 10.9. The van der Waals surface area contributed by atoms with Gasteiger partial charge in [0.25, 0.3) is 5.91 Å². The largest absolute Gasteiger partial charge is 0.460 e. The highest BCUT2D eigenvalue weighted by Crippen LogP contribution is 2.39. The molecule has 2 rings (SSSR count). The van der Waals surface area contributed by atoms with Gasteiger partial charge in [0.2, 0.25) is 0 Å².